The van der Waals surface area contributed by atoms with E-state index in [2.05, 4.69) is 45.8 Å². The molecule has 2 aliphatic rings. The van der Waals surface area contributed by atoms with Gasteiger partial charge in [-0.3, -0.25) is 9.79 Å². The Morgan fingerprint density at radius 1 is 1.30 bits per heavy atom. The van der Waals surface area contributed by atoms with Crippen molar-refractivity contribution in [3.05, 3.63) is 29.8 Å². The molecular formula is C21H33N5O. The number of hydrogen-bond acceptors (Lipinski definition) is 3. The SMILES string of the molecule is CN=C(NCC1CCCN(C(C)C)C1)NCC1CC(=O)Nc2ccccc21. The first-order valence-electron chi connectivity index (χ1n) is 10.1. The van der Waals surface area contributed by atoms with Crippen LogP contribution in [-0.4, -0.2) is 56.0 Å². The molecule has 1 aromatic carbocycles. The molecule has 0 aliphatic carbocycles. The molecule has 1 fully saturated rings. The minimum Gasteiger partial charge on any atom is -0.356 e. The van der Waals surface area contributed by atoms with Gasteiger partial charge in [0.05, 0.1) is 0 Å². The third-order valence-electron chi connectivity index (χ3n) is 5.68. The van der Waals surface area contributed by atoms with Crippen molar-refractivity contribution in [1.82, 2.24) is 15.5 Å². The molecule has 0 aromatic heterocycles. The van der Waals surface area contributed by atoms with E-state index < -0.39 is 0 Å². The predicted molar refractivity (Wildman–Crippen MR) is 111 cm³/mol. The van der Waals surface area contributed by atoms with Crippen LogP contribution in [0, 0.1) is 5.92 Å². The summed E-state index contributed by atoms with van der Waals surface area (Å²) in [5.41, 5.74) is 2.12. The molecule has 2 aliphatic heterocycles. The Bertz CT molecular complexity index is 672. The van der Waals surface area contributed by atoms with Crippen LogP contribution in [0.4, 0.5) is 5.69 Å². The molecule has 1 aromatic rings. The van der Waals surface area contributed by atoms with E-state index in [1.165, 1.54) is 24.9 Å². The number of guanidine groups is 1. The number of hydrogen-bond donors (Lipinski definition) is 3. The molecule has 0 bridgehead atoms. The monoisotopic (exact) mass is 371 g/mol. The molecule has 6 heteroatoms. The van der Waals surface area contributed by atoms with Gasteiger partial charge in [0.1, 0.15) is 0 Å². The summed E-state index contributed by atoms with van der Waals surface area (Å²) in [4.78, 5) is 18.9. The van der Waals surface area contributed by atoms with Gasteiger partial charge in [0, 0.05) is 50.7 Å². The molecule has 1 saturated heterocycles. The zero-order chi connectivity index (χ0) is 19.2. The Balaban J connectivity index is 1.51. The van der Waals surface area contributed by atoms with Gasteiger partial charge in [-0.05, 0) is 50.8 Å². The topological polar surface area (TPSA) is 68.8 Å². The summed E-state index contributed by atoms with van der Waals surface area (Å²) < 4.78 is 0. The highest BCUT2D eigenvalue weighted by molar-refractivity contribution is 5.94. The average molecular weight is 372 g/mol. The summed E-state index contributed by atoms with van der Waals surface area (Å²) in [6.45, 7) is 8.54. The summed E-state index contributed by atoms with van der Waals surface area (Å²) in [6, 6.07) is 8.67. The number of rotatable bonds is 5. The molecule has 148 valence electrons. The van der Waals surface area contributed by atoms with E-state index in [1.807, 2.05) is 18.2 Å². The van der Waals surface area contributed by atoms with Gasteiger partial charge in [-0.25, -0.2) is 0 Å². The van der Waals surface area contributed by atoms with Crippen molar-refractivity contribution < 1.29 is 4.79 Å². The average Bonchev–Trinajstić information content (AvgIpc) is 2.68. The molecule has 3 N–H and O–H groups in total. The van der Waals surface area contributed by atoms with Gasteiger partial charge in [0.25, 0.3) is 0 Å². The summed E-state index contributed by atoms with van der Waals surface area (Å²) in [5, 5.41) is 9.86. The quantitative estimate of drug-likeness (QED) is 0.549. The van der Waals surface area contributed by atoms with Gasteiger partial charge in [-0.1, -0.05) is 18.2 Å². The van der Waals surface area contributed by atoms with Crippen molar-refractivity contribution in [1.29, 1.82) is 0 Å². The summed E-state index contributed by atoms with van der Waals surface area (Å²) in [5.74, 6) is 1.72. The van der Waals surface area contributed by atoms with Crippen molar-refractivity contribution >= 4 is 17.6 Å². The third kappa shape index (κ3) is 5.22. The van der Waals surface area contributed by atoms with Crippen LogP contribution in [0.2, 0.25) is 0 Å². The van der Waals surface area contributed by atoms with Gasteiger partial charge in [0.15, 0.2) is 5.96 Å². The van der Waals surface area contributed by atoms with Gasteiger partial charge in [0.2, 0.25) is 5.91 Å². The summed E-state index contributed by atoms with van der Waals surface area (Å²) in [7, 11) is 1.80. The van der Waals surface area contributed by atoms with Crippen LogP contribution in [0.1, 0.15) is 44.6 Å². The van der Waals surface area contributed by atoms with Crippen LogP contribution in [-0.2, 0) is 4.79 Å². The number of aliphatic imine (C=N–C) groups is 1. The maximum Gasteiger partial charge on any atom is 0.225 e. The molecule has 1 amide bonds. The number of anilines is 1. The number of carbonyl (C=O) groups is 1. The lowest BCUT2D eigenvalue weighted by molar-refractivity contribution is -0.116. The first-order chi connectivity index (χ1) is 13.1. The zero-order valence-corrected chi connectivity index (χ0v) is 16.8. The van der Waals surface area contributed by atoms with Crippen molar-refractivity contribution in [2.75, 3.05) is 38.5 Å². The van der Waals surface area contributed by atoms with Crippen molar-refractivity contribution in [2.45, 2.75) is 45.1 Å². The van der Waals surface area contributed by atoms with Crippen LogP contribution < -0.4 is 16.0 Å². The molecule has 0 saturated carbocycles. The molecule has 3 rings (SSSR count). The van der Waals surface area contributed by atoms with Gasteiger partial charge in [-0.2, -0.15) is 0 Å². The van der Waals surface area contributed by atoms with Crippen molar-refractivity contribution in [3.63, 3.8) is 0 Å². The molecule has 2 heterocycles. The number of nitrogens with one attached hydrogen (secondary N) is 3. The van der Waals surface area contributed by atoms with E-state index in [4.69, 9.17) is 0 Å². The second-order valence-electron chi connectivity index (χ2n) is 7.97. The molecule has 27 heavy (non-hydrogen) atoms. The third-order valence-corrected chi connectivity index (χ3v) is 5.68. The van der Waals surface area contributed by atoms with E-state index >= 15 is 0 Å². The lowest BCUT2D eigenvalue weighted by atomic mass is 9.90. The fourth-order valence-electron chi connectivity index (χ4n) is 4.10. The molecule has 2 atom stereocenters. The number of amides is 1. The van der Waals surface area contributed by atoms with E-state index in [-0.39, 0.29) is 11.8 Å². The number of para-hydroxylation sites is 1. The number of nitrogens with zero attached hydrogens (tertiary/aromatic N) is 2. The maximum absolute atomic E-state index is 12.0. The van der Waals surface area contributed by atoms with Crippen LogP contribution in [0.15, 0.2) is 29.3 Å². The van der Waals surface area contributed by atoms with Crippen molar-refractivity contribution in [3.8, 4) is 0 Å². The Labute approximate surface area is 162 Å². The largest absolute Gasteiger partial charge is 0.356 e. The van der Waals surface area contributed by atoms with Crippen LogP contribution in [0.25, 0.3) is 0 Å². The molecule has 6 nitrogen and oxygen atoms in total. The number of likely N-dealkylation sites (tertiary alicyclic amines) is 1. The van der Waals surface area contributed by atoms with Crippen LogP contribution >= 0.6 is 0 Å². The van der Waals surface area contributed by atoms with E-state index in [9.17, 15) is 4.79 Å². The Morgan fingerprint density at radius 2 is 2.07 bits per heavy atom. The Morgan fingerprint density at radius 3 is 2.85 bits per heavy atom. The predicted octanol–water partition coefficient (Wildman–Crippen LogP) is 2.40. The molecule has 2 unspecified atom stereocenters. The van der Waals surface area contributed by atoms with Gasteiger partial charge < -0.3 is 20.9 Å². The second-order valence-corrected chi connectivity index (χ2v) is 7.97. The van der Waals surface area contributed by atoms with Gasteiger partial charge >= 0.3 is 0 Å². The molecule has 0 radical (unpaired) electrons. The number of piperidine rings is 1. The highest BCUT2D eigenvalue weighted by atomic mass is 16.1. The molecular weight excluding hydrogens is 338 g/mol. The molecule has 0 spiro atoms. The van der Waals surface area contributed by atoms with E-state index in [1.54, 1.807) is 7.05 Å². The van der Waals surface area contributed by atoms with E-state index in [0.29, 0.717) is 24.9 Å². The maximum atomic E-state index is 12.0. The zero-order valence-electron chi connectivity index (χ0n) is 16.8. The number of benzene rings is 1. The number of carbonyl (C=O) groups excluding carboxylic acids is 1. The lowest BCUT2D eigenvalue weighted by Crippen LogP contribution is -2.46. The first kappa shape index (κ1) is 19.7. The minimum atomic E-state index is 0.0828. The van der Waals surface area contributed by atoms with Crippen molar-refractivity contribution in [2.24, 2.45) is 10.9 Å². The van der Waals surface area contributed by atoms with Crippen LogP contribution in [0.5, 0.6) is 0 Å². The number of fused-ring (bicyclic) bond motifs is 1. The lowest BCUT2D eigenvalue weighted by Gasteiger charge is -2.35. The Hall–Kier alpha value is -2.08. The standard InChI is InChI=1S/C21H33N5O/c1-15(2)26-10-6-7-16(14-26)12-23-21(22-3)24-13-17-11-20(27)25-19-9-5-4-8-18(17)19/h4-5,8-9,15-17H,6-7,10-14H2,1-3H3,(H,25,27)(H2,22,23,24). The Kier molecular flexibility index (Phi) is 6.72. The minimum absolute atomic E-state index is 0.0828. The summed E-state index contributed by atoms with van der Waals surface area (Å²) >= 11 is 0. The first-order valence-corrected chi connectivity index (χ1v) is 10.1. The fraction of sp³-hybridized carbons (Fsp3) is 0.619. The fourth-order valence-corrected chi connectivity index (χ4v) is 4.10. The van der Waals surface area contributed by atoms with Gasteiger partial charge in [-0.15, -0.1) is 0 Å². The summed E-state index contributed by atoms with van der Waals surface area (Å²) in [6.07, 6.45) is 3.04. The van der Waals surface area contributed by atoms with Crippen LogP contribution in [0.3, 0.4) is 0 Å². The highest BCUT2D eigenvalue weighted by Crippen LogP contribution is 2.31. The smallest absolute Gasteiger partial charge is 0.225 e. The highest BCUT2D eigenvalue weighted by Gasteiger charge is 2.25. The normalized spacial score (nSPS) is 23.7. The van der Waals surface area contributed by atoms with E-state index in [0.717, 1.165) is 24.7 Å². The second kappa shape index (κ2) is 9.22.